The molecule has 0 bridgehead atoms. The molecular formula is C17H28N4O2. The Labute approximate surface area is 138 Å². The Balaban J connectivity index is 2.05. The molecule has 1 amide bonds. The fraction of sp³-hybridized carbons (Fsp3) is 0.647. The van der Waals surface area contributed by atoms with Gasteiger partial charge in [-0.15, -0.1) is 0 Å². The summed E-state index contributed by atoms with van der Waals surface area (Å²) in [6, 6.07) is 4.18. The minimum absolute atomic E-state index is 0.00415. The topological polar surface area (TPSA) is 57.7 Å². The minimum Gasteiger partial charge on any atom is -0.380 e. The number of ether oxygens (including phenoxy) is 1. The molecular weight excluding hydrogens is 292 g/mol. The van der Waals surface area contributed by atoms with Crippen molar-refractivity contribution in [1.82, 2.24) is 14.8 Å². The second-order valence-electron chi connectivity index (χ2n) is 6.57. The number of likely N-dealkylation sites (tertiary alicyclic amines) is 1. The van der Waals surface area contributed by atoms with Crippen LogP contribution in [-0.2, 0) is 4.74 Å². The van der Waals surface area contributed by atoms with Crippen molar-refractivity contribution >= 4 is 11.7 Å². The number of nitrogens with zero attached hydrogens (tertiary/aromatic N) is 3. The van der Waals surface area contributed by atoms with Gasteiger partial charge < -0.3 is 15.0 Å². The molecule has 1 saturated heterocycles. The van der Waals surface area contributed by atoms with Crippen molar-refractivity contribution in [2.24, 2.45) is 0 Å². The Morgan fingerprint density at radius 1 is 1.57 bits per heavy atom. The maximum absolute atomic E-state index is 12.8. The predicted octanol–water partition coefficient (Wildman–Crippen LogP) is 1.69. The Morgan fingerprint density at radius 3 is 2.91 bits per heavy atom. The van der Waals surface area contributed by atoms with Gasteiger partial charge in [0.1, 0.15) is 5.82 Å². The van der Waals surface area contributed by atoms with E-state index in [9.17, 15) is 4.79 Å². The van der Waals surface area contributed by atoms with E-state index in [1.165, 1.54) is 0 Å². The molecule has 0 saturated carbocycles. The molecule has 0 aliphatic carbocycles. The van der Waals surface area contributed by atoms with Gasteiger partial charge in [0.2, 0.25) is 0 Å². The van der Waals surface area contributed by atoms with Gasteiger partial charge in [0.05, 0.1) is 11.7 Å². The zero-order chi connectivity index (χ0) is 17.0. The van der Waals surface area contributed by atoms with Gasteiger partial charge in [-0.2, -0.15) is 0 Å². The van der Waals surface area contributed by atoms with Gasteiger partial charge in [-0.25, -0.2) is 4.98 Å². The van der Waals surface area contributed by atoms with E-state index < -0.39 is 0 Å². The number of aromatic nitrogens is 1. The van der Waals surface area contributed by atoms with Crippen molar-refractivity contribution in [3.05, 3.63) is 23.9 Å². The number of amides is 1. The Hall–Kier alpha value is -1.66. The van der Waals surface area contributed by atoms with E-state index in [-0.39, 0.29) is 18.1 Å². The Bertz CT molecular complexity index is 535. The van der Waals surface area contributed by atoms with E-state index in [4.69, 9.17) is 4.74 Å². The highest BCUT2D eigenvalue weighted by molar-refractivity contribution is 5.98. The molecule has 2 rings (SSSR count). The number of methoxy groups -OCH3 is 1. The maximum atomic E-state index is 12.8. The van der Waals surface area contributed by atoms with Gasteiger partial charge in [0.25, 0.3) is 5.91 Å². The molecule has 0 radical (unpaired) electrons. The van der Waals surface area contributed by atoms with Crippen LogP contribution in [-0.4, -0.2) is 73.2 Å². The number of rotatable bonds is 6. The summed E-state index contributed by atoms with van der Waals surface area (Å²) in [5, 5.41) is 3.24. The molecule has 1 aromatic heterocycles. The summed E-state index contributed by atoms with van der Waals surface area (Å²) in [6.45, 7) is 5.66. The monoisotopic (exact) mass is 320 g/mol. The van der Waals surface area contributed by atoms with Crippen molar-refractivity contribution in [1.29, 1.82) is 0 Å². The van der Waals surface area contributed by atoms with Gasteiger partial charge in [-0.3, -0.25) is 9.69 Å². The molecule has 0 spiro atoms. The fourth-order valence-corrected chi connectivity index (χ4v) is 2.98. The molecule has 1 aliphatic rings. The second-order valence-corrected chi connectivity index (χ2v) is 6.57. The summed E-state index contributed by atoms with van der Waals surface area (Å²) in [5.41, 5.74) is 0.618. The molecule has 1 fully saturated rings. The van der Waals surface area contributed by atoms with E-state index in [1.807, 2.05) is 27.0 Å². The highest BCUT2D eigenvalue weighted by Crippen LogP contribution is 2.20. The number of pyridine rings is 1. The van der Waals surface area contributed by atoms with Crippen LogP contribution in [0.5, 0.6) is 0 Å². The molecule has 1 aromatic rings. The average Bonchev–Trinajstić information content (AvgIpc) is 2.86. The fourth-order valence-electron chi connectivity index (χ4n) is 2.98. The van der Waals surface area contributed by atoms with E-state index in [0.29, 0.717) is 24.0 Å². The summed E-state index contributed by atoms with van der Waals surface area (Å²) in [7, 11) is 5.68. The van der Waals surface area contributed by atoms with Crippen LogP contribution in [0.4, 0.5) is 5.82 Å². The normalized spacial score (nSPS) is 21.7. The third-order valence-corrected chi connectivity index (χ3v) is 4.28. The summed E-state index contributed by atoms with van der Waals surface area (Å²) < 4.78 is 5.44. The first-order chi connectivity index (χ1) is 10.9. The molecule has 0 aromatic carbocycles. The van der Waals surface area contributed by atoms with E-state index >= 15 is 0 Å². The van der Waals surface area contributed by atoms with Crippen LogP contribution in [0.2, 0.25) is 0 Å². The van der Waals surface area contributed by atoms with Crippen molar-refractivity contribution in [3.8, 4) is 0 Å². The van der Waals surface area contributed by atoms with Crippen molar-refractivity contribution < 1.29 is 9.53 Å². The average molecular weight is 320 g/mol. The number of likely N-dealkylation sites (N-methyl/N-ethyl adjacent to an activating group) is 2. The van der Waals surface area contributed by atoms with Crippen LogP contribution < -0.4 is 5.32 Å². The third kappa shape index (κ3) is 4.42. The summed E-state index contributed by atoms with van der Waals surface area (Å²) in [5.74, 6) is 0.643. The maximum Gasteiger partial charge on any atom is 0.257 e. The van der Waals surface area contributed by atoms with E-state index in [1.54, 1.807) is 24.3 Å². The van der Waals surface area contributed by atoms with Crippen LogP contribution in [0.25, 0.3) is 0 Å². The van der Waals surface area contributed by atoms with Crippen LogP contribution >= 0.6 is 0 Å². The first-order valence-corrected chi connectivity index (χ1v) is 8.12. The summed E-state index contributed by atoms with van der Waals surface area (Å²) >= 11 is 0. The van der Waals surface area contributed by atoms with Crippen LogP contribution in [0.15, 0.2) is 18.3 Å². The smallest absolute Gasteiger partial charge is 0.257 e. The molecule has 23 heavy (non-hydrogen) atoms. The zero-order valence-corrected chi connectivity index (χ0v) is 14.7. The van der Waals surface area contributed by atoms with Gasteiger partial charge in [-0.05, 0) is 39.4 Å². The quantitative estimate of drug-likeness (QED) is 0.864. The first-order valence-electron chi connectivity index (χ1n) is 8.12. The molecule has 1 aliphatic heterocycles. The standard InChI is InChI=1S/C17H28N4O2/c1-12(2)19-16-15(7-6-8-18-16)17(22)21(4)10-13-9-14(23-5)11-20(13)3/h6-8,12-14H,9-11H2,1-5H3,(H,18,19)/t13-,14-/m0/s1. The Morgan fingerprint density at radius 2 is 2.30 bits per heavy atom. The molecule has 2 heterocycles. The lowest BCUT2D eigenvalue weighted by atomic mass is 10.1. The molecule has 6 heteroatoms. The number of anilines is 1. The first kappa shape index (κ1) is 17.7. The zero-order valence-electron chi connectivity index (χ0n) is 14.7. The van der Waals surface area contributed by atoms with Crippen molar-refractivity contribution in [2.75, 3.05) is 39.6 Å². The van der Waals surface area contributed by atoms with Gasteiger partial charge in [0, 0.05) is 45.5 Å². The number of nitrogens with one attached hydrogen (secondary N) is 1. The Kier molecular flexibility index (Phi) is 5.96. The summed E-state index contributed by atoms with van der Waals surface area (Å²) in [6.07, 6.45) is 2.91. The second kappa shape index (κ2) is 7.75. The number of carbonyl (C=O) groups excluding carboxylic acids is 1. The number of hydrogen-bond donors (Lipinski definition) is 1. The number of hydrogen-bond acceptors (Lipinski definition) is 5. The predicted molar refractivity (Wildman–Crippen MR) is 91.8 cm³/mol. The summed E-state index contributed by atoms with van der Waals surface area (Å²) in [4.78, 5) is 21.1. The molecule has 6 nitrogen and oxygen atoms in total. The SMILES string of the molecule is CO[C@H]1C[C@@H](CN(C)C(=O)c2cccnc2NC(C)C)N(C)C1. The van der Waals surface area contributed by atoms with Crippen molar-refractivity contribution in [3.63, 3.8) is 0 Å². The van der Waals surface area contributed by atoms with Crippen LogP contribution in [0.3, 0.4) is 0 Å². The third-order valence-electron chi connectivity index (χ3n) is 4.28. The molecule has 128 valence electrons. The lowest BCUT2D eigenvalue weighted by Gasteiger charge is -2.26. The number of carbonyl (C=O) groups is 1. The highest BCUT2D eigenvalue weighted by atomic mass is 16.5. The molecule has 2 atom stereocenters. The minimum atomic E-state index is -0.00415. The lowest BCUT2D eigenvalue weighted by molar-refractivity contribution is 0.0761. The largest absolute Gasteiger partial charge is 0.380 e. The van der Waals surface area contributed by atoms with E-state index in [0.717, 1.165) is 13.0 Å². The lowest BCUT2D eigenvalue weighted by Crippen LogP contribution is -2.39. The van der Waals surface area contributed by atoms with Crippen LogP contribution in [0.1, 0.15) is 30.6 Å². The van der Waals surface area contributed by atoms with Crippen LogP contribution in [0, 0.1) is 0 Å². The van der Waals surface area contributed by atoms with Gasteiger partial charge >= 0.3 is 0 Å². The van der Waals surface area contributed by atoms with Crippen molar-refractivity contribution in [2.45, 2.75) is 38.5 Å². The van der Waals surface area contributed by atoms with E-state index in [2.05, 4.69) is 22.2 Å². The highest BCUT2D eigenvalue weighted by Gasteiger charge is 2.31. The van der Waals surface area contributed by atoms with Gasteiger partial charge in [-0.1, -0.05) is 0 Å². The van der Waals surface area contributed by atoms with Gasteiger partial charge in [0.15, 0.2) is 0 Å². The molecule has 0 unspecified atom stereocenters. The molecule has 1 N–H and O–H groups in total.